The topological polar surface area (TPSA) is 84.7 Å². The Morgan fingerprint density at radius 2 is 2.10 bits per heavy atom. The van der Waals surface area contributed by atoms with Gasteiger partial charge in [0.2, 0.25) is 10.0 Å². The van der Waals surface area contributed by atoms with Gasteiger partial charge in [-0.05, 0) is 41.1 Å². The van der Waals surface area contributed by atoms with Crippen molar-refractivity contribution in [3.8, 4) is 0 Å². The third-order valence-corrected chi connectivity index (χ3v) is 5.58. The van der Waals surface area contributed by atoms with Gasteiger partial charge in [-0.1, -0.05) is 0 Å². The fourth-order valence-electron chi connectivity index (χ4n) is 2.23. The van der Waals surface area contributed by atoms with Crippen LogP contribution in [0.2, 0.25) is 0 Å². The van der Waals surface area contributed by atoms with Gasteiger partial charge in [0.15, 0.2) is 0 Å². The highest BCUT2D eigenvalue weighted by molar-refractivity contribution is 9.10. The highest BCUT2D eigenvalue weighted by Gasteiger charge is 2.20. The maximum atomic E-state index is 12.3. The third-order valence-electron chi connectivity index (χ3n) is 3.27. The SMILES string of the molecule is CC(CN1CCOCC1)NS(=O)(=O)c1ccc(Br)c(N)c1. The summed E-state index contributed by atoms with van der Waals surface area (Å²) in [5.74, 6) is 0. The summed E-state index contributed by atoms with van der Waals surface area (Å²) in [6.07, 6.45) is 0. The molecule has 1 aliphatic rings. The van der Waals surface area contributed by atoms with E-state index in [2.05, 4.69) is 25.6 Å². The van der Waals surface area contributed by atoms with Gasteiger partial charge < -0.3 is 10.5 Å². The van der Waals surface area contributed by atoms with Crippen molar-refractivity contribution in [3.05, 3.63) is 22.7 Å². The number of ether oxygens (including phenoxy) is 1. The molecule has 8 heteroatoms. The van der Waals surface area contributed by atoms with Crippen LogP contribution in [0.4, 0.5) is 5.69 Å². The standard InChI is InChI=1S/C13H20BrN3O3S/c1-10(9-17-4-6-20-7-5-17)16-21(18,19)11-2-3-12(14)13(15)8-11/h2-3,8,10,16H,4-7,9,15H2,1H3. The molecule has 1 aromatic rings. The Morgan fingerprint density at radius 3 is 2.71 bits per heavy atom. The van der Waals surface area contributed by atoms with Crippen LogP contribution in [0.1, 0.15) is 6.92 Å². The Hall–Kier alpha value is -0.670. The van der Waals surface area contributed by atoms with Crippen molar-refractivity contribution in [1.82, 2.24) is 9.62 Å². The van der Waals surface area contributed by atoms with Crippen LogP contribution >= 0.6 is 15.9 Å². The van der Waals surface area contributed by atoms with Gasteiger partial charge in [0.05, 0.1) is 18.1 Å². The van der Waals surface area contributed by atoms with Crippen molar-refractivity contribution >= 4 is 31.6 Å². The highest BCUT2D eigenvalue weighted by atomic mass is 79.9. The summed E-state index contributed by atoms with van der Waals surface area (Å²) >= 11 is 3.25. The molecule has 0 radical (unpaired) electrons. The van der Waals surface area contributed by atoms with Crippen molar-refractivity contribution in [2.24, 2.45) is 0 Å². The van der Waals surface area contributed by atoms with Crippen LogP contribution in [-0.4, -0.2) is 52.2 Å². The van der Waals surface area contributed by atoms with E-state index in [-0.39, 0.29) is 10.9 Å². The number of rotatable bonds is 5. The van der Waals surface area contributed by atoms with E-state index in [9.17, 15) is 8.42 Å². The Balaban J connectivity index is 2.00. The first-order valence-corrected chi connectivity index (χ1v) is 9.03. The third kappa shape index (κ3) is 4.65. The zero-order valence-electron chi connectivity index (χ0n) is 11.9. The van der Waals surface area contributed by atoms with E-state index in [0.29, 0.717) is 29.9 Å². The molecule has 1 heterocycles. The lowest BCUT2D eigenvalue weighted by Gasteiger charge is -2.29. The number of hydrogen-bond donors (Lipinski definition) is 2. The minimum atomic E-state index is -3.56. The maximum absolute atomic E-state index is 12.3. The second kappa shape index (κ2) is 7.06. The molecule has 1 aromatic carbocycles. The Kier molecular flexibility index (Phi) is 5.61. The smallest absolute Gasteiger partial charge is 0.240 e. The molecular weight excluding hydrogens is 358 g/mol. The van der Waals surface area contributed by atoms with Gasteiger partial charge >= 0.3 is 0 Å². The Morgan fingerprint density at radius 1 is 1.43 bits per heavy atom. The number of nitrogen functional groups attached to an aromatic ring is 1. The van der Waals surface area contributed by atoms with E-state index in [4.69, 9.17) is 10.5 Å². The normalized spacial score (nSPS) is 18.6. The lowest BCUT2D eigenvalue weighted by molar-refractivity contribution is 0.0354. The second-order valence-corrected chi connectivity index (χ2v) is 7.69. The van der Waals surface area contributed by atoms with E-state index in [1.165, 1.54) is 12.1 Å². The van der Waals surface area contributed by atoms with Gasteiger partial charge in [-0.15, -0.1) is 0 Å². The molecule has 1 aliphatic heterocycles. The molecule has 1 atom stereocenters. The van der Waals surface area contributed by atoms with Crippen LogP contribution in [0.3, 0.4) is 0 Å². The fraction of sp³-hybridized carbons (Fsp3) is 0.538. The quantitative estimate of drug-likeness (QED) is 0.748. The Labute approximate surface area is 133 Å². The minimum absolute atomic E-state index is 0.178. The van der Waals surface area contributed by atoms with Gasteiger partial charge in [-0.2, -0.15) is 0 Å². The molecule has 1 fully saturated rings. The van der Waals surface area contributed by atoms with Crippen molar-refractivity contribution in [3.63, 3.8) is 0 Å². The first kappa shape index (κ1) is 16.7. The molecule has 6 nitrogen and oxygen atoms in total. The summed E-state index contributed by atoms with van der Waals surface area (Å²) in [6.45, 7) is 5.57. The van der Waals surface area contributed by atoms with Crippen LogP contribution in [-0.2, 0) is 14.8 Å². The summed E-state index contributed by atoms with van der Waals surface area (Å²) < 4.78 is 33.3. The molecule has 0 aromatic heterocycles. The molecule has 2 rings (SSSR count). The monoisotopic (exact) mass is 377 g/mol. The Bertz CT molecular complexity index is 588. The number of nitrogens with one attached hydrogen (secondary N) is 1. The molecule has 0 spiro atoms. The summed E-state index contributed by atoms with van der Waals surface area (Å²) in [6, 6.07) is 4.44. The molecule has 1 unspecified atom stereocenters. The van der Waals surface area contributed by atoms with Crippen molar-refractivity contribution < 1.29 is 13.2 Å². The van der Waals surface area contributed by atoms with Gasteiger partial charge in [0, 0.05) is 35.8 Å². The van der Waals surface area contributed by atoms with Gasteiger partial charge in [-0.3, -0.25) is 4.90 Å². The number of benzene rings is 1. The van der Waals surface area contributed by atoms with Gasteiger partial charge in [0.1, 0.15) is 0 Å². The summed E-state index contributed by atoms with van der Waals surface area (Å²) in [4.78, 5) is 2.36. The molecule has 3 N–H and O–H groups in total. The summed E-state index contributed by atoms with van der Waals surface area (Å²) in [7, 11) is -3.56. The van der Waals surface area contributed by atoms with E-state index in [1.807, 2.05) is 6.92 Å². The number of hydrogen-bond acceptors (Lipinski definition) is 5. The van der Waals surface area contributed by atoms with Crippen molar-refractivity contribution in [1.29, 1.82) is 0 Å². The van der Waals surface area contributed by atoms with Gasteiger partial charge in [-0.25, -0.2) is 13.1 Å². The molecule has 0 bridgehead atoms. The minimum Gasteiger partial charge on any atom is -0.398 e. The summed E-state index contributed by atoms with van der Waals surface area (Å²) in [5.41, 5.74) is 6.14. The van der Waals surface area contributed by atoms with E-state index in [1.54, 1.807) is 6.07 Å². The molecule has 21 heavy (non-hydrogen) atoms. The van der Waals surface area contributed by atoms with E-state index >= 15 is 0 Å². The number of sulfonamides is 1. The average Bonchev–Trinajstić information content (AvgIpc) is 2.42. The van der Waals surface area contributed by atoms with Gasteiger partial charge in [0.25, 0.3) is 0 Å². The molecule has 0 aliphatic carbocycles. The zero-order valence-corrected chi connectivity index (χ0v) is 14.3. The predicted molar refractivity (Wildman–Crippen MR) is 85.6 cm³/mol. The van der Waals surface area contributed by atoms with Crippen LogP contribution < -0.4 is 10.5 Å². The lowest BCUT2D eigenvalue weighted by Crippen LogP contribution is -2.45. The maximum Gasteiger partial charge on any atom is 0.240 e. The van der Waals surface area contributed by atoms with Crippen LogP contribution in [0.5, 0.6) is 0 Å². The van der Waals surface area contributed by atoms with Crippen LogP contribution in [0.25, 0.3) is 0 Å². The number of halogens is 1. The zero-order chi connectivity index (χ0) is 15.5. The molecular formula is C13H20BrN3O3S. The first-order valence-electron chi connectivity index (χ1n) is 6.76. The molecule has 0 amide bonds. The highest BCUT2D eigenvalue weighted by Crippen LogP contribution is 2.22. The lowest BCUT2D eigenvalue weighted by atomic mass is 10.3. The van der Waals surface area contributed by atoms with Crippen LogP contribution in [0.15, 0.2) is 27.6 Å². The van der Waals surface area contributed by atoms with Crippen molar-refractivity contribution in [2.45, 2.75) is 17.9 Å². The second-order valence-electron chi connectivity index (χ2n) is 5.12. The predicted octanol–water partition coefficient (Wildman–Crippen LogP) is 1.03. The number of anilines is 1. The first-order chi connectivity index (χ1) is 9.88. The molecule has 1 saturated heterocycles. The van der Waals surface area contributed by atoms with Crippen molar-refractivity contribution in [2.75, 3.05) is 38.6 Å². The van der Waals surface area contributed by atoms with Crippen LogP contribution in [0, 0.1) is 0 Å². The molecule has 118 valence electrons. The molecule has 0 saturated carbocycles. The largest absolute Gasteiger partial charge is 0.398 e. The average molecular weight is 378 g/mol. The summed E-state index contributed by atoms with van der Waals surface area (Å²) in [5, 5.41) is 0. The van der Waals surface area contributed by atoms with E-state index < -0.39 is 10.0 Å². The number of nitrogens with zero attached hydrogens (tertiary/aromatic N) is 1. The van der Waals surface area contributed by atoms with E-state index in [0.717, 1.165) is 13.1 Å². The number of nitrogens with two attached hydrogens (primary N) is 1. The number of morpholine rings is 1. The fourth-order valence-corrected chi connectivity index (χ4v) is 3.75.